The van der Waals surface area contributed by atoms with Crippen LogP contribution in [0.4, 0.5) is 0 Å². The van der Waals surface area contributed by atoms with Crippen molar-refractivity contribution in [3.63, 3.8) is 0 Å². The third-order valence-corrected chi connectivity index (χ3v) is 2.17. The molecule has 2 aromatic heterocycles. The molecule has 2 aromatic rings. The van der Waals surface area contributed by atoms with E-state index >= 15 is 0 Å². The van der Waals surface area contributed by atoms with Crippen LogP contribution in [-0.2, 0) is 21.1 Å². The number of rotatable bonds is 5. The first kappa shape index (κ1) is 11.2. The summed E-state index contributed by atoms with van der Waals surface area (Å²) in [7, 11) is 0. The van der Waals surface area contributed by atoms with Crippen LogP contribution in [0.15, 0.2) is 22.8 Å². The van der Waals surface area contributed by atoms with Gasteiger partial charge in [-0.25, -0.2) is 0 Å². The fraction of sp³-hybridized carbons (Fsp3) is 0.200. The molecule has 0 aliphatic heterocycles. The van der Waals surface area contributed by atoms with Gasteiger partial charge in [-0.05, 0) is 0 Å². The number of esters is 1. The maximum atomic E-state index is 11.0. The highest BCUT2D eigenvalue weighted by Crippen LogP contribution is 2.26. The number of carbonyl (C=O) groups is 2. The zero-order valence-electron chi connectivity index (χ0n) is 8.79. The van der Waals surface area contributed by atoms with E-state index in [2.05, 4.69) is 0 Å². The summed E-state index contributed by atoms with van der Waals surface area (Å²) < 4.78 is 16.2. The normalized spacial score (nSPS) is 10.4. The van der Waals surface area contributed by atoms with Crippen LogP contribution in [0.25, 0.3) is 11.1 Å². The highest BCUT2D eigenvalue weighted by atomic mass is 16.6. The monoisotopic (exact) mass is 238 g/mol. The summed E-state index contributed by atoms with van der Waals surface area (Å²) in [6.07, 6.45) is 1.48. The van der Waals surface area contributed by atoms with Gasteiger partial charge >= 0.3 is 5.97 Å². The number of carbonyl (C=O) groups excluding carboxylic acids is 2. The van der Waals surface area contributed by atoms with Gasteiger partial charge in [-0.3, -0.25) is 14.2 Å². The van der Waals surface area contributed by atoms with Crippen LogP contribution < -0.4 is 10.5 Å². The summed E-state index contributed by atoms with van der Waals surface area (Å²) in [5.74, 6) is -0.313. The summed E-state index contributed by atoms with van der Waals surface area (Å²) in [4.78, 5) is 21.3. The zero-order valence-corrected chi connectivity index (χ0v) is 8.79. The molecule has 0 unspecified atom stereocenters. The molecule has 0 atom stereocenters. The minimum Gasteiger partial charge on any atom is -0.463 e. The quantitative estimate of drug-likeness (QED) is 0.591. The predicted octanol–water partition coefficient (Wildman–Crippen LogP) is 0.229. The fourth-order valence-corrected chi connectivity index (χ4v) is 1.43. The van der Waals surface area contributed by atoms with E-state index in [1.807, 2.05) is 0 Å². The van der Waals surface area contributed by atoms with Crippen molar-refractivity contribution >= 4 is 23.5 Å². The highest BCUT2D eigenvalue weighted by molar-refractivity contribution is 5.77. The van der Waals surface area contributed by atoms with Gasteiger partial charge in [0.2, 0.25) is 5.88 Å². The summed E-state index contributed by atoms with van der Waals surface area (Å²) in [6, 6.07) is 3.20. The third kappa shape index (κ3) is 2.13. The number of hydrogen-bond donors (Lipinski definition) is 1. The molecule has 0 fully saturated rings. The molecule has 17 heavy (non-hydrogen) atoms. The number of fused-ring (bicyclic) bond motifs is 1. The van der Waals surface area contributed by atoms with Crippen molar-refractivity contribution in [3.05, 3.63) is 18.4 Å². The summed E-state index contributed by atoms with van der Waals surface area (Å²) in [5.41, 5.74) is 6.30. The van der Waals surface area contributed by atoms with Gasteiger partial charge in [0.1, 0.15) is 0 Å². The van der Waals surface area contributed by atoms with Crippen molar-refractivity contribution in [3.8, 4) is 5.88 Å². The highest BCUT2D eigenvalue weighted by Gasteiger charge is 2.13. The Morgan fingerprint density at radius 1 is 1.59 bits per heavy atom. The molecule has 0 aromatic carbocycles. The average Bonchev–Trinajstić information content (AvgIpc) is 2.87. The largest absolute Gasteiger partial charge is 0.463 e. The van der Waals surface area contributed by atoms with Crippen LogP contribution in [0.5, 0.6) is 5.88 Å². The minimum atomic E-state index is -0.549. The van der Waals surface area contributed by atoms with E-state index in [1.165, 1.54) is 16.9 Å². The Hall–Kier alpha value is -2.28. The van der Waals surface area contributed by atoms with E-state index in [4.69, 9.17) is 19.6 Å². The molecule has 0 aliphatic rings. The fourth-order valence-electron chi connectivity index (χ4n) is 1.43. The van der Waals surface area contributed by atoms with Gasteiger partial charge in [0, 0.05) is 12.1 Å². The first-order valence-corrected chi connectivity index (χ1v) is 4.79. The number of nitrogens with zero attached hydrogens (tertiary/aromatic N) is 1. The molecule has 2 N–H and O–H groups in total. The molecule has 0 spiro atoms. The molecule has 0 aliphatic carbocycles. The van der Waals surface area contributed by atoms with E-state index in [-0.39, 0.29) is 25.6 Å². The second kappa shape index (κ2) is 4.71. The van der Waals surface area contributed by atoms with Gasteiger partial charge in [-0.2, -0.15) is 0 Å². The lowest BCUT2D eigenvalue weighted by atomic mass is 10.5. The van der Waals surface area contributed by atoms with Crippen LogP contribution in [0.1, 0.15) is 0 Å². The zero-order chi connectivity index (χ0) is 12.3. The Kier molecular flexibility index (Phi) is 3.10. The number of furan rings is 1. The molecule has 7 nitrogen and oxygen atoms in total. The number of nitrogens with two attached hydrogens (primary N) is 1. The van der Waals surface area contributed by atoms with E-state index in [9.17, 15) is 9.59 Å². The standard InChI is InChI=1S/C10H10N2O5/c11-4-10(14)16-5-12-7-1-2-15-8(7)3-9(12)17-6-13/h1-3,6H,4-5,11H2. The lowest BCUT2D eigenvalue weighted by Crippen LogP contribution is -2.18. The molecular weight excluding hydrogens is 228 g/mol. The Morgan fingerprint density at radius 3 is 3.12 bits per heavy atom. The van der Waals surface area contributed by atoms with E-state index in [0.717, 1.165) is 0 Å². The number of ether oxygens (including phenoxy) is 2. The smallest absolute Gasteiger partial charge is 0.321 e. The summed E-state index contributed by atoms with van der Waals surface area (Å²) in [6.45, 7) is -0.0165. The van der Waals surface area contributed by atoms with Crippen molar-refractivity contribution < 1.29 is 23.5 Å². The van der Waals surface area contributed by atoms with Crippen LogP contribution in [0.2, 0.25) is 0 Å². The van der Waals surface area contributed by atoms with Crippen LogP contribution in [0, 0.1) is 0 Å². The van der Waals surface area contributed by atoms with Crippen molar-refractivity contribution in [1.82, 2.24) is 4.57 Å². The first-order valence-electron chi connectivity index (χ1n) is 4.79. The lowest BCUT2D eigenvalue weighted by molar-refractivity contribution is -0.145. The lowest BCUT2D eigenvalue weighted by Gasteiger charge is -2.07. The predicted molar refractivity (Wildman–Crippen MR) is 56.0 cm³/mol. The summed E-state index contributed by atoms with van der Waals surface area (Å²) >= 11 is 0. The number of hydrogen-bond acceptors (Lipinski definition) is 6. The Bertz CT molecular complexity index is 542. The van der Waals surface area contributed by atoms with Gasteiger partial charge < -0.3 is 19.6 Å². The van der Waals surface area contributed by atoms with Crippen molar-refractivity contribution in [2.24, 2.45) is 5.73 Å². The maximum absolute atomic E-state index is 11.0. The molecule has 7 heteroatoms. The topological polar surface area (TPSA) is 96.7 Å². The average molecular weight is 238 g/mol. The molecule has 0 saturated carbocycles. The molecule has 2 rings (SSSR count). The van der Waals surface area contributed by atoms with E-state index in [1.54, 1.807) is 6.07 Å². The van der Waals surface area contributed by atoms with Gasteiger partial charge in [-0.15, -0.1) is 0 Å². The van der Waals surface area contributed by atoms with Gasteiger partial charge in [0.05, 0.1) is 18.3 Å². The molecule has 90 valence electrons. The van der Waals surface area contributed by atoms with Crippen molar-refractivity contribution in [2.45, 2.75) is 6.73 Å². The molecule has 0 saturated heterocycles. The molecule has 2 heterocycles. The van der Waals surface area contributed by atoms with E-state index in [0.29, 0.717) is 11.1 Å². The van der Waals surface area contributed by atoms with Crippen molar-refractivity contribution in [2.75, 3.05) is 6.54 Å². The van der Waals surface area contributed by atoms with Crippen LogP contribution >= 0.6 is 0 Å². The minimum absolute atomic E-state index is 0.0950. The molecular formula is C10H10N2O5. The van der Waals surface area contributed by atoms with E-state index < -0.39 is 5.97 Å². The SMILES string of the molecule is NCC(=O)OCn1c(OC=O)cc2occc21. The Labute approximate surface area is 95.7 Å². The third-order valence-electron chi connectivity index (χ3n) is 2.17. The van der Waals surface area contributed by atoms with Crippen molar-refractivity contribution in [1.29, 1.82) is 0 Å². The molecule has 0 radical (unpaired) electrons. The number of aromatic nitrogens is 1. The second-order valence-corrected chi connectivity index (χ2v) is 3.14. The molecule has 0 bridgehead atoms. The molecule has 0 amide bonds. The van der Waals surface area contributed by atoms with Crippen LogP contribution in [0.3, 0.4) is 0 Å². The van der Waals surface area contributed by atoms with Gasteiger partial charge in [0.25, 0.3) is 6.47 Å². The first-order chi connectivity index (χ1) is 8.26. The Balaban J connectivity index is 2.27. The van der Waals surface area contributed by atoms with Gasteiger partial charge in [0.15, 0.2) is 12.3 Å². The Morgan fingerprint density at radius 2 is 2.41 bits per heavy atom. The maximum Gasteiger partial charge on any atom is 0.321 e. The van der Waals surface area contributed by atoms with Gasteiger partial charge in [-0.1, -0.05) is 0 Å². The summed E-state index contributed by atoms with van der Waals surface area (Å²) in [5, 5.41) is 0. The second-order valence-electron chi connectivity index (χ2n) is 3.14. The van der Waals surface area contributed by atoms with Crippen LogP contribution in [-0.4, -0.2) is 23.6 Å².